The summed E-state index contributed by atoms with van der Waals surface area (Å²) in [7, 11) is 1.83. The van der Waals surface area contributed by atoms with Gasteiger partial charge in [-0.15, -0.1) is 0 Å². The predicted molar refractivity (Wildman–Crippen MR) is 76.1 cm³/mol. The van der Waals surface area contributed by atoms with E-state index in [1.165, 1.54) is 6.20 Å². The summed E-state index contributed by atoms with van der Waals surface area (Å²) in [5.74, 6) is 2.22. The first-order chi connectivity index (χ1) is 9.20. The molecule has 0 bridgehead atoms. The molecule has 0 unspecified atom stereocenters. The lowest BCUT2D eigenvalue weighted by molar-refractivity contribution is 0.200. The Hall–Kier alpha value is -1.74. The molecule has 1 fully saturated rings. The summed E-state index contributed by atoms with van der Waals surface area (Å²) in [6.07, 6.45) is 3.58. The monoisotopic (exact) mass is 276 g/mol. The minimum Gasteiger partial charge on any atom is -0.325 e. The van der Waals surface area contributed by atoms with Gasteiger partial charge < -0.3 is 10.2 Å². The molecule has 1 aromatic rings. The van der Waals surface area contributed by atoms with E-state index >= 15 is 0 Å². The molecule has 2 amide bonds. The fourth-order valence-corrected chi connectivity index (χ4v) is 3.07. The van der Waals surface area contributed by atoms with Gasteiger partial charge in [0.2, 0.25) is 0 Å². The highest BCUT2D eigenvalue weighted by Gasteiger charge is 2.22. The zero-order valence-corrected chi connectivity index (χ0v) is 11.6. The van der Waals surface area contributed by atoms with Gasteiger partial charge in [0.1, 0.15) is 11.8 Å². The number of hydrogen-bond acceptors (Lipinski definition) is 4. The number of thioether (sulfide) groups is 1. The Labute approximate surface area is 117 Å². The van der Waals surface area contributed by atoms with Crippen LogP contribution in [0.25, 0.3) is 0 Å². The summed E-state index contributed by atoms with van der Waals surface area (Å²) in [5.41, 5.74) is 0.955. The summed E-state index contributed by atoms with van der Waals surface area (Å²) >= 11 is 1.94. The third-order valence-electron chi connectivity index (χ3n) is 3.19. The van der Waals surface area contributed by atoms with Crippen molar-refractivity contribution < 1.29 is 4.79 Å². The smallest absolute Gasteiger partial charge is 0.321 e. The average Bonchev–Trinajstić information content (AvgIpc) is 2.48. The van der Waals surface area contributed by atoms with Crippen LogP contribution >= 0.6 is 11.8 Å². The maximum absolute atomic E-state index is 12.1. The van der Waals surface area contributed by atoms with Crippen LogP contribution in [0, 0.1) is 11.3 Å². The highest BCUT2D eigenvalue weighted by Crippen LogP contribution is 2.21. The fraction of sp³-hybridized carbons (Fsp3) is 0.462. The first kappa shape index (κ1) is 13.7. The molecule has 2 rings (SSSR count). The number of nitrogens with one attached hydrogen (secondary N) is 1. The molecule has 5 nitrogen and oxygen atoms in total. The molecule has 19 heavy (non-hydrogen) atoms. The third-order valence-corrected chi connectivity index (χ3v) is 4.24. The van der Waals surface area contributed by atoms with E-state index in [1.807, 2.05) is 24.9 Å². The van der Waals surface area contributed by atoms with Crippen LogP contribution in [-0.2, 0) is 0 Å². The van der Waals surface area contributed by atoms with E-state index in [2.05, 4.69) is 10.3 Å². The number of urea groups is 1. The second-order valence-electron chi connectivity index (χ2n) is 4.43. The van der Waals surface area contributed by atoms with Gasteiger partial charge in [-0.1, -0.05) is 0 Å². The zero-order chi connectivity index (χ0) is 13.7. The quantitative estimate of drug-likeness (QED) is 0.900. The second kappa shape index (κ2) is 6.43. The molecule has 1 aliphatic rings. The number of aromatic nitrogens is 1. The van der Waals surface area contributed by atoms with Crippen LogP contribution in [0.4, 0.5) is 10.5 Å². The Morgan fingerprint density at radius 1 is 1.53 bits per heavy atom. The van der Waals surface area contributed by atoms with Gasteiger partial charge in [0.15, 0.2) is 0 Å². The molecular weight excluding hydrogens is 260 g/mol. The molecule has 2 heterocycles. The van der Waals surface area contributed by atoms with E-state index in [0.717, 1.165) is 24.3 Å². The number of hydrogen-bond donors (Lipinski definition) is 1. The summed E-state index contributed by atoms with van der Waals surface area (Å²) in [6.45, 7) is 0. The van der Waals surface area contributed by atoms with Crippen LogP contribution in [0.3, 0.4) is 0 Å². The minimum absolute atomic E-state index is 0.122. The first-order valence-corrected chi connectivity index (χ1v) is 7.34. The molecule has 6 heteroatoms. The van der Waals surface area contributed by atoms with Crippen molar-refractivity contribution in [3.05, 3.63) is 24.0 Å². The van der Waals surface area contributed by atoms with Crippen molar-refractivity contribution in [2.24, 2.45) is 0 Å². The zero-order valence-electron chi connectivity index (χ0n) is 10.8. The van der Waals surface area contributed by atoms with Crippen molar-refractivity contribution in [2.45, 2.75) is 18.9 Å². The predicted octanol–water partition coefficient (Wildman–Crippen LogP) is 2.31. The normalized spacial score (nSPS) is 15.6. The van der Waals surface area contributed by atoms with Crippen LogP contribution in [0.1, 0.15) is 18.5 Å². The van der Waals surface area contributed by atoms with Crippen molar-refractivity contribution in [1.82, 2.24) is 9.88 Å². The van der Waals surface area contributed by atoms with Gasteiger partial charge in [0.25, 0.3) is 0 Å². The molecule has 1 N–H and O–H groups in total. The molecular formula is C13H16N4OS. The number of carbonyl (C=O) groups is 1. The van der Waals surface area contributed by atoms with Gasteiger partial charge in [-0.2, -0.15) is 17.0 Å². The maximum atomic E-state index is 12.1. The molecule has 1 saturated heterocycles. The van der Waals surface area contributed by atoms with Crippen LogP contribution in [0.5, 0.6) is 0 Å². The third kappa shape index (κ3) is 3.61. The Kier molecular flexibility index (Phi) is 4.63. The van der Waals surface area contributed by atoms with Crippen LogP contribution < -0.4 is 5.32 Å². The molecule has 0 atom stereocenters. The summed E-state index contributed by atoms with van der Waals surface area (Å²) < 4.78 is 0. The van der Waals surface area contributed by atoms with Crippen LogP contribution in [0.15, 0.2) is 18.3 Å². The van der Waals surface area contributed by atoms with Gasteiger partial charge in [0, 0.05) is 13.1 Å². The Balaban J connectivity index is 1.93. The number of rotatable bonds is 2. The summed E-state index contributed by atoms with van der Waals surface area (Å²) in [5, 5.41) is 11.5. The van der Waals surface area contributed by atoms with Crippen LogP contribution in [0.2, 0.25) is 0 Å². The molecule has 1 aliphatic heterocycles. The average molecular weight is 276 g/mol. The van der Waals surface area contributed by atoms with E-state index in [-0.39, 0.29) is 6.03 Å². The first-order valence-electron chi connectivity index (χ1n) is 6.18. The topological polar surface area (TPSA) is 69.0 Å². The second-order valence-corrected chi connectivity index (χ2v) is 5.65. The number of nitrogens with zero attached hydrogens (tertiary/aromatic N) is 3. The van der Waals surface area contributed by atoms with Gasteiger partial charge >= 0.3 is 6.03 Å². The van der Waals surface area contributed by atoms with E-state index in [1.54, 1.807) is 17.0 Å². The lowest BCUT2D eigenvalue weighted by Crippen LogP contribution is -2.41. The van der Waals surface area contributed by atoms with Crippen molar-refractivity contribution >= 4 is 23.5 Å². The lowest BCUT2D eigenvalue weighted by atomic mass is 10.1. The number of carbonyl (C=O) groups excluding carboxylic acids is 1. The van der Waals surface area contributed by atoms with Gasteiger partial charge in [-0.05, 0) is 36.5 Å². The van der Waals surface area contributed by atoms with E-state index < -0.39 is 0 Å². The Bertz CT molecular complexity index is 476. The number of pyridine rings is 1. The molecule has 0 spiro atoms. The molecule has 0 aliphatic carbocycles. The molecule has 100 valence electrons. The molecule has 0 aromatic carbocycles. The number of amides is 2. The number of nitriles is 1. The van der Waals surface area contributed by atoms with Crippen molar-refractivity contribution in [3.63, 3.8) is 0 Å². The van der Waals surface area contributed by atoms with Crippen molar-refractivity contribution in [3.8, 4) is 6.07 Å². The lowest BCUT2D eigenvalue weighted by Gasteiger charge is -2.30. The Morgan fingerprint density at radius 3 is 2.84 bits per heavy atom. The molecule has 1 aromatic heterocycles. The summed E-state index contributed by atoms with van der Waals surface area (Å²) in [4.78, 5) is 17.8. The molecule has 0 saturated carbocycles. The highest BCUT2D eigenvalue weighted by atomic mass is 32.2. The highest BCUT2D eigenvalue weighted by molar-refractivity contribution is 7.99. The SMILES string of the molecule is CN(C(=O)Nc1ccc(C#N)nc1)C1CCSCC1. The van der Waals surface area contributed by atoms with Crippen molar-refractivity contribution in [2.75, 3.05) is 23.9 Å². The maximum Gasteiger partial charge on any atom is 0.321 e. The van der Waals surface area contributed by atoms with Gasteiger partial charge in [-0.25, -0.2) is 9.78 Å². The van der Waals surface area contributed by atoms with Gasteiger partial charge in [-0.3, -0.25) is 0 Å². The standard InChI is InChI=1S/C13H16N4OS/c1-17(12-4-6-19-7-5-12)13(18)16-11-3-2-10(8-14)15-9-11/h2-3,9,12H,4-7H2,1H3,(H,16,18). The molecule has 0 radical (unpaired) electrons. The number of anilines is 1. The summed E-state index contributed by atoms with van der Waals surface area (Å²) in [6, 6.07) is 5.41. The van der Waals surface area contributed by atoms with E-state index in [4.69, 9.17) is 5.26 Å². The van der Waals surface area contributed by atoms with Gasteiger partial charge in [0.05, 0.1) is 11.9 Å². The van der Waals surface area contributed by atoms with Crippen LogP contribution in [-0.4, -0.2) is 40.5 Å². The van der Waals surface area contributed by atoms with E-state index in [9.17, 15) is 4.79 Å². The Morgan fingerprint density at radius 2 is 2.26 bits per heavy atom. The van der Waals surface area contributed by atoms with Crippen molar-refractivity contribution in [1.29, 1.82) is 5.26 Å². The van der Waals surface area contributed by atoms with E-state index in [0.29, 0.717) is 17.4 Å². The fourth-order valence-electron chi connectivity index (χ4n) is 1.98. The minimum atomic E-state index is -0.122. The largest absolute Gasteiger partial charge is 0.325 e.